The van der Waals surface area contributed by atoms with Crippen LogP contribution in [0, 0.1) is 12.8 Å². The topological polar surface area (TPSA) is 93.2 Å². The number of rotatable bonds is 3. The van der Waals surface area contributed by atoms with Crippen molar-refractivity contribution >= 4 is 11.6 Å². The van der Waals surface area contributed by atoms with Crippen LogP contribution in [0.15, 0.2) is 0 Å². The Morgan fingerprint density at radius 2 is 2.29 bits per heavy atom. The van der Waals surface area contributed by atoms with E-state index in [0.717, 1.165) is 12.8 Å². The van der Waals surface area contributed by atoms with Crippen LogP contribution in [0.1, 0.15) is 29.0 Å². The van der Waals surface area contributed by atoms with E-state index < -0.39 is 0 Å². The Morgan fingerprint density at radius 1 is 1.65 bits per heavy atom. The van der Waals surface area contributed by atoms with Gasteiger partial charge in [-0.1, -0.05) is 0 Å². The molecule has 1 aliphatic rings. The fraction of sp³-hybridized carbons (Fsp3) is 0.636. The standard InChI is InChI=1S/C11H18N4O2/c1-6-9(12)10(15(2)14-6)11(17)13-5-7-3-8(16)4-7/h7-8,16H,3-5,12H2,1-2H3,(H,13,17). The molecule has 1 aromatic rings. The van der Waals surface area contributed by atoms with Crippen LogP contribution in [-0.4, -0.2) is 33.4 Å². The Kier molecular flexibility index (Phi) is 3.06. The van der Waals surface area contributed by atoms with Crippen LogP contribution in [0.2, 0.25) is 0 Å². The number of aliphatic hydroxyl groups is 1. The van der Waals surface area contributed by atoms with Gasteiger partial charge in [-0.2, -0.15) is 5.10 Å². The van der Waals surface area contributed by atoms with Gasteiger partial charge in [0.2, 0.25) is 0 Å². The number of hydrogen-bond acceptors (Lipinski definition) is 4. The molecule has 1 aliphatic carbocycles. The minimum absolute atomic E-state index is 0.194. The Balaban J connectivity index is 1.95. The molecule has 0 saturated heterocycles. The molecule has 0 radical (unpaired) electrons. The lowest BCUT2D eigenvalue weighted by atomic mass is 9.82. The second kappa shape index (κ2) is 4.37. The Morgan fingerprint density at radius 3 is 2.76 bits per heavy atom. The van der Waals surface area contributed by atoms with Crippen molar-refractivity contribution in [2.24, 2.45) is 13.0 Å². The third-order valence-electron chi connectivity index (χ3n) is 3.25. The highest BCUT2D eigenvalue weighted by Gasteiger charge is 2.28. The lowest BCUT2D eigenvalue weighted by Crippen LogP contribution is -2.39. The summed E-state index contributed by atoms with van der Waals surface area (Å²) in [6.45, 7) is 2.36. The van der Waals surface area contributed by atoms with E-state index in [0.29, 0.717) is 29.5 Å². The van der Waals surface area contributed by atoms with E-state index in [1.807, 2.05) is 0 Å². The number of amides is 1. The molecule has 2 rings (SSSR count). The molecule has 17 heavy (non-hydrogen) atoms. The number of aryl methyl sites for hydroxylation is 2. The number of nitrogen functional groups attached to an aromatic ring is 1. The maximum Gasteiger partial charge on any atom is 0.271 e. The summed E-state index contributed by atoms with van der Waals surface area (Å²) < 4.78 is 1.50. The van der Waals surface area contributed by atoms with Gasteiger partial charge in [0.15, 0.2) is 0 Å². The van der Waals surface area contributed by atoms with Crippen LogP contribution in [0.3, 0.4) is 0 Å². The lowest BCUT2D eigenvalue weighted by Gasteiger charge is -2.31. The van der Waals surface area contributed by atoms with Gasteiger partial charge in [-0.3, -0.25) is 9.48 Å². The van der Waals surface area contributed by atoms with Crippen molar-refractivity contribution in [2.75, 3.05) is 12.3 Å². The summed E-state index contributed by atoms with van der Waals surface area (Å²) in [4.78, 5) is 11.9. The molecule has 0 aromatic carbocycles. The Labute approximate surface area is 99.8 Å². The molecule has 94 valence electrons. The number of aromatic nitrogens is 2. The normalized spacial score (nSPS) is 23.2. The van der Waals surface area contributed by atoms with Crippen LogP contribution in [0.5, 0.6) is 0 Å². The second-order valence-electron chi connectivity index (χ2n) is 4.67. The summed E-state index contributed by atoms with van der Waals surface area (Å²) in [7, 11) is 1.70. The summed E-state index contributed by atoms with van der Waals surface area (Å²) in [5.41, 5.74) is 7.29. The van der Waals surface area contributed by atoms with Crippen molar-refractivity contribution in [1.29, 1.82) is 0 Å². The van der Waals surface area contributed by atoms with Gasteiger partial charge >= 0.3 is 0 Å². The molecule has 6 nitrogen and oxygen atoms in total. The first kappa shape index (κ1) is 11.9. The fourth-order valence-electron chi connectivity index (χ4n) is 2.13. The largest absolute Gasteiger partial charge is 0.395 e. The number of anilines is 1. The Hall–Kier alpha value is -1.56. The molecule has 6 heteroatoms. The molecular formula is C11H18N4O2. The van der Waals surface area contributed by atoms with Gasteiger partial charge in [0.25, 0.3) is 5.91 Å². The fourth-order valence-corrected chi connectivity index (χ4v) is 2.13. The van der Waals surface area contributed by atoms with E-state index >= 15 is 0 Å². The van der Waals surface area contributed by atoms with Gasteiger partial charge in [0.05, 0.1) is 17.5 Å². The lowest BCUT2D eigenvalue weighted by molar-refractivity contribution is 0.0419. The smallest absolute Gasteiger partial charge is 0.271 e. The van der Waals surface area contributed by atoms with Crippen LogP contribution in [-0.2, 0) is 7.05 Å². The average Bonchev–Trinajstić information content (AvgIpc) is 2.46. The van der Waals surface area contributed by atoms with Crippen LogP contribution >= 0.6 is 0 Å². The van der Waals surface area contributed by atoms with Crippen molar-refractivity contribution in [2.45, 2.75) is 25.9 Å². The van der Waals surface area contributed by atoms with Gasteiger partial charge < -0.3 is 16.2 Å². The molecule has 1 fully saturated rings. The first-order valence-corrected chi connectivity index (χ1v) is 5.74. The molecule has 1 saturated carbocycles. The number of nitrogens with zero attached hydrogens (tertiary/aromatic N) is 2. The minimum atomic E-state index is -0.202. The number of carbonyl (C=O) groups is 1. The molecule has 0 bridgehead atoms. The highest BCUT2D eigenvalue weighted by molar-refractivity contribution is 5.97. The van der Waals surface area contributed by atoms with Crippen LogP contribution < -0.4 is 11.1 Å². The predicted molar refractivity (Wildman–Crippen MR) is 63.4 cm³/mol. The average molecular weight is 238 g/mol. The summed E-state index contributed by atoms with van der Waals surface area (Å²) in [5.74, 6) is 0.177. The first-order chi connectivity index (χ1) is 7.99. The highest BCUT2D eigenvalue weighted by atomic mass is 16.3. The molecule has 1 heterocycles. The Bertz CT molecular complexity index is 435. The van der Waals surface area contributed by atoms with E-state index in [1.54, 1.807) is 14.0 Å². The van der Waals surface area contributed by atoms with Crippen molar-refractivity contribution in [3.63, 3.8) is 0 Å². The third kappa shape index (κ3) is 2.26. The molecule has 0 spiro atoms. The summed E-state index contributed by atoms with van der Waals surface area (Å²) >= 11 is 0. The first-order valence-electron chi connectivity index (χ1n) is 5.74. The molecule has 0 atom stereocenters. The van der Waals surface area contributed by atoms with Crippen molar-refractivity contribution in [3.05, 3.63) is 11.4 Å². The maximum absolute atomic E-state index is 11.9. The zero-order valence-corrected chi connectivity index (χ0v) is 10.1. The number of nitrogens with one attached hydrogen (secondary N) is 1. The number of hydrogen-bond donors (Lipinski definition) is 3. The minimum Gasteiger partial charge on any atom is -0.395 e. The third-order valence-corrected chi connectivity index (χ3v) is 3.25. The molecule has 0 unspecified atom stereocenters. The number of nitrogens with two attached hydrogens (primary N) is 1. The van der Waals surface area contributed by atoms with Gasteiger partial charge in [-0.05, 0) is 25.7 Å². The number of aliphatic hydroxyl groups excluding tert-OH is 1. The van der Waals surface area contributed by atoms with Gasteiger partial charge in [0, 0.05) is 13.6 Å². The van der Waals surface area contributed by atoms with Crippen LogP contribution in [0.4, 0.5) is 5.69 Å². The molecule has 1 amide bonds. The number of carbonyl (C=O) groups excluding carboxylic acids is 1. The zero-order valence-electron chi connectivity index (χ0n) is 10.1. The summed E-state index contributed by atoms with van der Waals surface area (Å²) in [5, 5.41) is 16.1. The molecule has 0 aliphatic heterocycles. The van der Waals surface area contributed by atoms with Crippen molar-refractivity contribution in [1.82, 2.24) is 15.1 Å². The summed E-state index contributed by atoms with van der Waals surface area (Å²) in [6.07, 6.45) is 1.33. The van der Waals surface area contributed by atoms with E-state index in [2.05, 4.69) is 10.4 Å². The van der Waals surface area contributed by atoms with E-state index in [9.17, 15) is 4.79 Å². The zero-order chi connectivity index (χ0) is 12.6. The molecule has 4 N–H and O–H groups in total. The van der Waals surface area contributed by atoms with E-state index in [1.165, 1.54) is 4.68 Å². The monoisotopic (exact) mass is 238 g/mol. The quantitative estimate of drug-likeness (QED) is 0.680. The second-order valence-corrected chi connectivity index (χ2v) is 4.67. The van der Waals surface area contributed by atoms with Gasteiger partial charge in [0.1, 0.15) is 5.69 Å². The maximum atomic E-state index is 11.9. The van der Waals surface area contributed by atoms with E-state index in [4.69, 9.17) is 10.8 Å². The highest BCUT2D eigenvalue weighted by Crippen LogP contribution is 2.26. The molecule has 1 aromatic heterocycles. The van der Waals surface area contributed by atoms with Crippen molar-refractivity contribution < 1.29 is 9.90 Å². The predicted octanol–water partition coefficient (Wildman–Crippen LogP) is -0.189. The summed E-state index contributed by atoms with van der Waals surface area (Å²) in [6, 6.07) is 0. The van der Waals surface area contributed by atoms with Gasteiger partial charge in [-0.15, -0.1) is 0 Å². The van der Waals surface area contributed by atoms with Gasteiger partial charge in [-0.25, -0.2) is 0 Å². The van der Waals surface area contributed by atoms with Crippen LogP contribution in [0.25, 0.3) is 0 Å². The SMILES string of the molecule is Cc1nn(C)c(C(=O)NCC2CC(O)C2)c1N. The van der Waals surface area contributed by atoms with Crippen molar-refractivity contribution in [3.8, 4) is 0 Å². The van der Waals surface area contributed by atoms with E-state index in [-0.39, 0.29) is 12.0 Å². The molecular weight excluding hydrogens is 220 g/mol.